The number of halogens is 1. The van der Waals surface area contributed by atoms with Crippen molar-refractivity contribution in [1.29, 1.82) is 0 Å². The Labute approximate surface area is 183 Å². The van der Waals surface area contributed by atoms with Gasteiger partial charge in [0.2, 0.25) is 0 Å². The van der Waals surface area contributed by atoms with Crippen LogP contribution in [0.15, 0.2) is 66.9 Å². The van der Waals surface area contributed by atoms with Crippen LogP contribution >= 0.6 is 11.6 Å². The summed E-state index contributed by atoms with van der Waals surface area (Å²) in [6.07, 6.45) is -0.322. The zero-order chi connectivity index (χ0) is 22.0. The first-order chi connectivity index (χ1) is 14.8. The third-order valence-electron chi connectivity index (χ3n) is 6.51. The van der Waals surface area contributed by atoms with Gasteiger partial charge in [-0.1, -0.05) is 71.8 Å². The van der Waals surface area contributed by atoms with Crippen molar-refractivity contribution in [2.24, 2.45) is 5.92 Å². The normalized spacial score (nSPS) is 31.0. The van der Waals surface area contributed by atoms with Gasteiger partial charge in [0, 0.05) is 18.2 Å². The first-order valence-corrected chi connectivity index (χ1v) is 10.3. The third-order valence-corrected chi connectivity index (χ3v) is 6.71. The summed E-state index contributed by atoms with van der Waals surface area (Å²) >= 11 is 6.13. The van der Waals surface area contributed by atoms with Crippen molar-refractivity contribution in [3.05, 3.63) is 94.3 Å². The largest absolute Gasteiger partial charge is 0.481 e. The van der Waals surface area contributed by atoms with Gasteiger partial charge >= 0.3 is 5.97 Å². The molecule has 2 heterocycles. The van der Waals surface area contributed by atoms with E-state index in [-0.39, 0.29) is 11.4 Å². The van der Waals surface area contributed by atoms with Gasteiger partial charge in [0.05, 0.1) is 10.9 Å². The summed E-state index contributed by atoms with van der Waals surface area (Å²) in [4.78, 5) is 16.7. The molecule has 3 aromatic rings. The quantitative estimate of drug-likeness (QED) is 0.581. The van der Waals surface area contributed by atoms with Gasteiger partial charge in [0.15, 0.2) is 11.2 Å². The maximum Gasteiger partial charge on any atom is 0.310 e. The zero-order valence-corrected chi connectivity index (χ0v) is 17.3. The molecule has 2 aromatic carbocycles. The highest BCUT2D eigenvalue weighted by molar-refractivity contribution is 6.30. The lowest BCUT2D eigenvalue weighted by Gasteiger charge is -2.40. The van der Waals surface area contributed by atoms with E-state index in [4.69, 9.17) is 16.3 Å². The second-order valence-electron chi connectivity index (χ2n) is 8.17. The standard InChI is InChI=1S/C24H20ClNO5/c1-13-7-9-15(10-8-13)24-19(14-5-3-2-4-6-14)18(22(28)29)21(27)23(24,30)20-17(31-24)11-16(25)12-26-20/h2-12,18-19,21,27,30H,1H3,(H,28,29)/t18-,19-,21-,23?,24+/m1/s1. The maximum absolute atomic E-state index is 12.4. The van der Waals surface area contributed by atoms with Crippen molar-refractivity contribution in [2.75, 3.05) is 0 Å². The molecule has 1 unspecified atom stereocenters. The molecule has 1 saturated carbocycles. The number of fused-ring (bicyclic) bond motifs is 3. The van der Waals surface area contributed by atoms with E-state index in [1.165, 1.54) is 12.3 Å². The van der Waals surface area contributed by atoms with Crippen LogP contribution in [0.5, 0.6) is 5.75 Å². The van der Waals surface area contributed by atoms with Crippen LogP contribution in [0.25, 0.3) is 0 Å². The highest BCUT2D eigenvalue weighted by atomic mass is 35.5. The number of aliphatic hydroxyl groups excluding tert-OH is 1. The van der Waals surface area contributed by atoms with Gasteiger partial charge in [0.25, 0.3) is 0 Å². The van der Waals surface area contributed by atoms with Gasteiger partial charge < -0.3 is 20.1 Å². The van der Waals surface area contributed by atoms with Crippen LogP contribution in [0.2, 0.25) is 5.02 Å². The van der Waals surface area contributed by atoms with E-state index < -0.39 is 35.1 Å². The summed E-state index contributed by atoms with van der Waals surface area (Å²) in [6, 6.07) is 17.8. The minimum Gasteiger partial charge on any atom is -0.481 e. The smallest absolute Gasteiger partial charge is 0.310 e. The number of nitrogens with zero attached hydrogens (tertiary/aromatic N) is 1. The lowest BCUT2D eigenvalue weighted by Crippen LogP contribution is -2.52. The number of carboxylic acid groups (broad SMARTS) is 1. The van der Waals surface area contributed by atoms with E-state index in [0.29, 0.717) is 16.1 Å². The van der Waals surface area contributed by atoms with Gasteiger partial charge in [-0.3, -0.25) is 9.78 Å². The van der Waals surface area contributed by atoms with Gasteiger partial charge in [-0.05, 0) is 18.1 Å². The Hall–Kier alpha value is -2.93. The topological polar surface area (TPSA) is 99.9 Å². The van der Waals surface area contributed by atoms with Crippen LogP contribution in [-0.2, 0) is 16.0 Å². The van der Waals surface area contributed by atoms with E-state index in [2.05, 4.69) is 4.98 Å². The van der Waals surface area contributed by atoms with E-state index in [1.54, 1.807) is 36.4 Å². The number of benzene rings is 2. The molecule has 158 valence electrons. The van der Waals surface area contributed by atoms with Gasteiger partial charge in [-0.2, -0.15) is 0 Å². The van der Waals surface area contributed by atoms with Gasteiger partial charge in [-0.25, -0.2) is 0 Å². The summed E-state index contributed by atoms with van der Waals surface area (Å²) < 4.78 is 6.43. The summed E-state index contributed by atoms with van der Waals surface area (Å²) in [7, 11) is 0. The first-order valence-electron chi connectivity index (χ1n) is 9.91. The Bertz CT molecular complexity index is 1170. The second kappa shape index (κ2) is 6.79. The van der Waals surface area contributed by atoms with E-state index >= 15 is 0 Å². The molecule has 1 fully saturated rings. The van der Waals surface area contributed by atoms with Crippen LogP contribution in [0.4, 0.5) is 0 Å². The van der Waals surface area contributed by atoms with Crippen molar-refractivity contribution >= 4 is 17.6 Å². The molecule has 3 N–H and O–H groups in total. The number of pyridine rings is 1. The molecule has 31 heavy (non-hydrogen) atoms. The summed E-state index contributed by atoms with van der Waals surface area (Å²) in [6.45, 7) is 1.93. The Kier molecular flexibility index (Phi) is 4.38. The maximum atomic E-state index is 12.4. The molecule has 1 aliphatic heterocycles. The molecule has 0 amide bonds. The molecule has 2 aliphatic rings. The molecule has 5 atom stereocenters. The summed E-state index contributed by atoms with van der Waals surface area (Å²) in [5.74, 6) is -3.24. The van der Waals surface area contributed by atoms with Gasteiger partial charge in [-0.15, -0.1) is 0 Å². The fraction of sp³-hybridized carbons (Fsp3) is 0.250. The molecule has 0 radical (unpaired) electrons. The van der Waals surface area contributed by atoms with Crippen molar-refractivity contribution in [1.82, 2.24) is 4.98 Å². The number of ether oxygens (including phenoxy) is 1. The lowest BCUT2D eigenvalue weighted by molar-refractivity contribution is -0.160. The fourth-order valence-corrected chi connectivity index (χ4v) is 5.35. The van der Waals surface area contributed by atoms with Crippen molar-refractivity contribution < 1.29 is 24.9 Å². The van der Waals surface area contributed by atoms with Crippen molar-refractivity contribution in [3.8, 4) is 5.75 Å². The van der Waals surface area contributed by atoms with Crippen LogP contribution in [0.3, 0.4) is 0 Å². The summed E-state index contributed by atoms with van der Waals surface area (Å²) in [5, 5.41) is 33.9. The lowest BCUT2D eigenvalue weighted by atomic mass is 9.71. The van der Waals surface area contributed by atoms with Crippen LogP contribution in [0, 0.1) is 12.8 Å². The third kappa shape index (κ3) is 2.53. The average molecular weight is 438 g/mol. The molecule has 0 spiro atoms. The molecule has 0 saturated heterocycles. The number of aliphatic carboxylic acids is 1. The Balaban J connectivity index is 1.87. The number of aliphatic hydroxyl groups is 2. The Morgan fingerprint density at radius 3 is 2.45 bits per heavy atom. The Morgan fingerprint density at radius 1 is 1.13 bits per heavy atom. The fourth-order valence-electron chi connectivity index (χ4n) is 5.21. The number of hydrogen-bond donors (Lipinski definition) is 3. The number of hydrogen-bond acceptors (Lipinski definition) is 5. The predicted molar refractivity (Wildman–Crippen MR) is 113 cm³/mol. The molecule has 7 heteroatoms. The molecule has 1 aliphatic carbocycles. The number of carboxylic acids is 1. The van der Waals surface area contributed by atoms with Crippen LogP contribution < -0.4 is 4.74 Å². The van der Waals surface area contributed by atoms with E-state index in [0.717, 1.165) is 5.56 Å². The molecular weight excluding hydrogens is 418 g/mol. The minimum absolute atomic E-state index is 0.0784. The van der Waals surface area contributed by atoms with E-state index in [1.807, 2.05) is 25.1 Å². The molecule has 0 bridgehead atoms. The van der Waals surface area contributed by atoms with E-state index in [9.17, 15) is 20.1 Å². The highest BCUT2D eigenvalue weighted by Gasteiger charge is 2.78. The van der Waals surface area contributed by atoms with Gasteiger partial charge in [0.1, 0.15) is 17.5 Å². The number of rotatable bonds is 3. The monoisotopic (exact) mass is 437 g/mol. The number of carbonyl (C=O) groups is 1. The SMILES string of the molecule is Cc1ccc([C@@]23Oc4cc(Cl)cnc4C2(O)[C@H](O)[C@H](C(=O)O)[C@H]3c2ccccc2)cc1. The van der Waals surface area contributed by atoms with Crippen molar-refractivity contribution in [2.45, 2.75) is 30.1 Å². The minimum atomic E-state index is -2.11. The zero-order valence-electron chi connectivity index (χ0n) is 16.6. The second-order valence-corrected chi connectivity index (χ2v) is 8.60. The van der Waals surface area contributed by atoms with Crippen molar-refractivity contribution in [3.63, 3.8) is 0 Å². The van der Waals surface area contributed by atoms with Crippen LogP contribution in [0.1, 0.15) is 28.3 Å². The summed E-state index contributed by atoms with van der Waals surface area (Å²) in [5.41, 5.74) is -1.48. The van der Waals surface area contributed by atoms with Crippen LogP contribution in [-0.4, -0.2) is 32.4 Å². The average Bonchev–Trinajstić information content (AvgIpc) is 3.12. The number of aryl methyl sites for hydroxylation is 1. The molecule has 6 nitrogen and oxygen atoms in total. The molecule has 5 rings (SSSR count). The molecular formula is C24H20ClNO5. The molecule has 1 aromatic heterocycles. The Morgan fingerprint density at radius 2 is 1.81 bits per heavy atom. The highest BCUT2D eigenvalue weighted by Crippen LogP contribution is 2.68. The predicted octanol–water partition coefficient (Wildman–Crippen LogP) is 3.38. The number of aromatic nitrogens is 1. The first kappa shape index (κ1) is 20.0.